The van der Waals surface area contributed by atoms with Gasteiger partial charge in [-0.15, -0.1) is 4.79 Å². The van der Waals surface area contributed by atoms with Crippen LogP contribution in [0.4, 0.5) is 10.3 Å². The molecule has 2 aromatic carbocycles. The highest BCUT2D eigenvalue weighted by Gasteiger charge is 2.12. The summed E-state index contributed by atoms with van der Waals surface area (Å²) in [5, 5.41) is 10.8. The number of benzene rings is 2. The number of aromatic nitrogens is 4. The van der Waals surface area contributed by atoms with Crippen LogP contribution < -0.4 is 20.6 Å². The highest BCUT2D eigenvalue weighted by molar-refractivity contribution is 9.10. The molecule has 0 aliphatic heterocycles. The number of rotatable bonds is 7. The summed E-state index contributed by atoms with van der Waals surface area (Å²) in [6.07, 6.45) is 0. The molecule has 0 saturated heterocycles. The third-order valence-electron chi connectivity index (χ3n) is 3.51. The molecule has 0 aliphatic rings. The Hall–Kier alpha value is -2.88. The van der Waals surface area contributed by atoms with E-state index in [-0.39, 0.29) is 18.4 Å². The Balaban J connectivity index is 1.72. The van der Waals surface area contributed by atoms with Crippen molar-refractivity contribution in [1.29, 1.82) is 0 Å². The summed E-state index contributed by atoms with van der Waals surface area (Å²) in [5.74, 6) is 0.994. The van der Waals surface area contributed by atoms with Gasteiger partial charge >= 0.3 is 0 Å². The van der Waals surface area contributed by atoms with E-state index in [1.165, 1.54) is 16.9 Å². The van der Waals surface area contributed by atoms with Gasteiger partial charge in [0.1, 0.15) is 12.4 Å². The number of halogens is 2. The van der Waals surface area contributed by atoms with Gasteiger partial charge in [0.2, 0.25) is 0 Å². The van der Waals surface area contributed by atoms with Crippen molar-refractivity contribution in [1.82, 2.24) is 20.3 Å². The van der Waals surface area contributed by atoms with E-state index in [0.29, 0.717) is 18.0 Å². The monoisotopic (exact) mass is 422 g/mol. The number of nitrogens with one attached hydrogen (secondary N) is 1. The zero-order valence-corrected chi connectivity index (χ0v) is 15.4. The molecule has 26 heavy (non-hydrogen) atoms. The van der Waals surface area contributed by atoms with Crippen LogP contribution in [0.3, 0.4) is 0 Å². The first kappa shape index (κ1) is 17.9. The third kappa shape index (κ3) is 4.20. The number of nitrogens with zero attached hydrogens (tertiary/aromatic N) is 4. The summed E-state index contributed by atoms with van der Waals surface area (Å²) in [7, 11) is 1.56. The van der Waals surface area contributed by atoms with Gasteiger partial charge in [0.05, 0.1) is 18.1 Å². The lowest BCUT2D eigenvalue weighted by Crippen LogP contribution is -2.18. The van der Waals surface area contributed by atoms with Gasteiger partial charge in [0, 0.05) is 0 Å². The van der Waals surface area contributed by atoms with E-state index >= 15 is 0 Å². The summed E-state index contributed by atoms with van der Waals surface area (Å²) in [6.45, 7) is 0.705. The first-order valence-corrected chi connectivity index (χ1v) is 8.37. The van der Waals surface area contributed by atoms with Crippen LogP contribution in [-0.2, 0) is 13.2 Å². The number of nitrogens with two attached hydrogens (primary N) is 1. The number of anilines is 1. The Morgan fingerprint density at radius 1 is 1.23 bits per heavy atom. The van der Waals surface area contributed by atoms with Gasteiger partial charge in [-0.1, -0.05) is 17.2 Å². The van der Waals surface area contributed by atoms with Gasteiger partial charge in [-0.25, -0.2) is 4.39 Å². The number of hydrogen-bond donors (Lipinski definition) is 2. The molecule has 0 fully saturated rings. The van der Waals surface area contributed by atoms with Crippen LogP contribution in [0.1, 0.15) is 11.1 Å². The van der Waals surface area contributed by atoms with E-state index in [1.807, 2.05) is 12.1 Å². The third-order valence-corrected chi connectivity index (χ3v) is 4.10. The molecule has 1 heterocycles. The smallest absolute Gasteiger partial charge is 0.260 e. The standard InChI is InChI=1S/C16H16BrFN6O2/c1-25-14-7-11(8-20-24-16(19)21-22-23-24)6-13(17)15(14)26-9-10-2-4-12(18)5-3-10/h2-7,20H,8-9H2,1H3,(H2,19,21,23). The molecule has 3 N–H and O–H groups in total. The predicted octanol–water partition coefficient (Wildman–Crippen LogP) is 2.49. The van der Waals surface area contributed by atoms with Crippen LogP contribution >= 0.6 is 15.9 Å². The largest absolute Gasteiger partial charge is 0.493 e. The van der Waals surface area contributed by atoms with Crippen molar-refractivity contribution in [3.63, 3.8) is 0 Å². The number of nitrogen functional groups attached to an aromatic ring is 1. The van der Waals surface area contributed by atoms with Crippen LogP contribution in [0.2, 0.25) is 0 Å². The van der Waals surface area contributed by atoms with Crippen molar-refractivity contribution in [3.8, 4) is 11.5 Å². The van der Waals surface area contributed by atoms with Gasteiger partial charge in [-0.2, -0.15) is 0 Å². The molecule has 0 saturated carbocycles. The molecule has 1 aromatic heterocycles. The average Bonchev–Trinajstić information content (AvgIpc) is 3.05. The maximum atomic E-state index is 13.0. The summed E-state index contributed by atoms with van der Waals surface area (Å²) >= 11 is 3.49. The second-order valence-corrected chi connectivity index (χ2v) is 6.16. The Labute approximate surface area is 157 Å². The molecule has 136 valence electrons. The quantitative estimate of drug-likeness (QED) is 0.602. The van der Waals surface area contributed by atoms with E-state index in [2.05, 4.69) is 36.9 Å². The first-order chi connectivity index (χ1) is 12.6. The maximum absolute atomic E-state index is 13.0. The van der Waals surface area contributed by atoms with E-state index in [9.17, 15) is 4.39 Å². The fourth-order valence-corrected chi connectivity index (χ4v) is 2.83. The number of hydrogen-bond acceptors (Lipinski definition) is 7. The molecule has 0 bridgehead atoms. The minimum atomic E-state index is -0.285. The molecule has 0 radical (unpaired) electrons. The predicted molar refractivity (Wildman–Crippen MR) is 96.7 cm³/mol. The maximum Gasteiger partial charge on any atom is 0.260 e. The van der Waals surface area contributed by atoms with E-state index in [4.69, 9.17) is 15.2 Å². The van der Waals surface area contributed by atoms with Crippen molar-refractivity contribution in [2.24, 2.45) is 0 Å². The summed E-state index contributed by atoms with van der Waals surface area (Å²) in [5.41, 5.74) is 10.3. The number of methoxy groups -OCH3 is 1. The first-order valence-electron chi connectivity index (χ1n) is 7.58. The number of ether oxygens (including phenoxy) is 2. The van der Waals surface area contributed by atoms with Gasteiger partial charge in [0.25, 0.3) is 5.95 Å². The van der Waals surface area contributed by atoms with Gasteiger partial charge in [-0.05, 0) is 61.7 Å². The highest BCUT2D eigenvalue weighted by atomic mass is 79.9. The fourth-order valence-electron chi connectivity index (χ4n) is 2.22. The summed E-state index contributed by atoms with van der Waals surface area (Å²) in [6, 6.07) is 9.85. The molecule has 0 amide bonds. The van der Waals surface area contributed by atoms with Crippen LogP contribution in [0.15, 0.2) is 40.9 Å². The van der Waals surface area contributed by atoms with Crippen molar-refractivity contribution < 1.29 is 13.9 Å². The molecule has 8 nitrogen and oxygen atoms in total. The SMILES string of the molecule is COc1cc(CNn2nnnc2N)cc(Br)c1OCc1ccc(F)cc1. The lowest BCUT2D eigenvalue weighted by atomic mass is 10.2. The molecular formula is C16H16BrFN6O2. The van der Waals surface area contributed by atoms with Crippen LogP contribution in [-0.4, -0.2) is 27.4 Å². The van der Waals surface area contributed by atoms with E-state index < -0.39 is 0 Å². The Morgan fingerprint density at radius 2 is 2.00 bits per heavy atom. The van der Waals surface area contributed by atoms with Gasteiger partial charge in [0.15, 0.2) is 11.5 Å². The van der Waals surface area contributed by atoms with Crippen molar-refractivity contribution in [2.45, 2.75) is 13.2 Å². The van der Waals surface area contributed by atoms with Crippen LogP contribution in [0, 0.1) is 5.82 Å². The van der Waals surface area contributed by atoms with Crippen LogP contribution in [0.25, 0.3) is 0 Å². The summed E-state index contributed by atoms with van der Waals surface area (Å²) in [4.78, 5) is 1.28. The lowest BCUT2D eigenvalue weighted by molar-refractivity contribution is 0.282. The topological polar surface area (TPSA) is 100 Å². The molecule has 3 rings (SSSR count). The second kappa shape index (κ2) is 8.00. The molecular weight excluding hydrogens is 407 g/mol. The molecule has 0 spiro atoms. The van der Waals surface area contributed by atoms with Crippen LogP contribution in [0.5, 0.6) is 11.5 Å². The molecule has 3 aromatic rings. The molecule has 0 aliphatic carbocycles. The number of tetrazole rings is 1. The Morgan fingerprint density at radius 3 is 2.65 bits per heavy atom. The molecule has 10 heteroatoms. The average molecular weight is 423 g/mol. The Bertz CT molecular complexity index is 887. The molecule has 0 unspecified atom stereocenters. The highest BCUT2D eigenvalue weighted by Crippen LogP contribution is 2.37. The van der Waals surface area contributed by atoms with Crippen molar-refractivity contribution >= 4 is 21.9 Å². The van der Waals surface area contributed by atoms with E-state index in [1.54, 1.807) is 19.2 Å². The normalized spacial score (nSPS) is 10.6. The summed E-state index contributed by atoms with van der Waals surface area (Å²) < 4.78 is 25.0. The van der Waals surface area contributed by atoms with E-state index in [0.717, 1.165) is 15.6 Å². The molecule has 0 atom stereocenters. The fraction of sp³-hybridized carbons (Fsp3) is 0.188. The lowest BCUT2D eigenvalue weighted by Gasteiger charge is -2.15. The minimum Gasteiger partial charge on any atom is -0.493 e. The minimum absolute atomic E-state index is 0.162. The van der Waals surface area contributed by atoms with Crippen molar-refractivity contribution in [3.05, 3.63) is 57.8 Å². The zero-order chi connectivity index (χ0) is 18.5. The van der Waals surface area contributed by atoms with Crippen molar-refractivity contribution in [2.75, 3.05) is 18.3 Å². The zero-order valence-electron chi connectivity index (χ0n) is 13.8. The van der Waals surface area contributed by atoms with Gasteiger partial charge < -0.3 is 20.6 Å². The Kier molecular flexibility index (Phi) is 5.52. The van der Waals surface area contributed by atoms with Gasteiger partial charge in [-0.3, -0.25) is 0 Å². The second-order valence-electron chi connectivity index (χ2n) is 5.31.